The van der Waals surface area contributed by atoms with Crippen LogP contribution in [0.1, 0.15) is 38.7 Å². The quantitative estimate of drug-likeness (QED) is 0.757. The minimum atomic E-state index is -0.291. The fraction of sp³-hybridized carbons (Fsp3) is 0.400. The molecule has 1 aromatic heterocycles. The first-order chi connectivity index (χ1) is 12.1. The molecule has 1 heterocycles. The number of hydrogen-bond donors (Lipinski definition) is 1. The molecule has 5 nitrogen and oxygen atoms in total. The Hall–Kier alpha value is -2.56. The maximum atomic E-state index is 12.3. The molecule has 1 amide bonds. The van der Waals surface area contributed by atoms with Crippen LogP contribution in [0.15, 0.2) is 47.4 Å². The summed E-state index contributed by atoms with van der Waals surface area (Å²) in [5, 5.41) is 2.82. The maximum Gasteiger partial charge on any atom is 0.293 e. The van der Waals surface area contributed by atoms with E-state index >= 15 is 0 Å². The summed E-state index contributed by atoms with van der Waals surface area (Å²) in [5.41, 5.74) is 1.70. The van der Waals surface area contributed by atoms with E-state index in [0.29, 0.717) is 6.61 Å². The summed E-state index contributed by atoms with van der Waals surface area (Å²) in [7, 11) is 0. The number of aromatic nitrogens is 1. The van der Waals surface area contributed by atoms with Crippen LogP contribution in [0.25, 0.3) is 0 Å². The molecule has 0 saturated carbocycles. The molecule has 5 heteroatoms. The van der Waals surface area contributed by atoms with Crippen molar-refractivity contribution < 1.29 is 9.53 Å². The van der Waals surface area contributed by atoms with E-state index in [1.165, 1.54) is 10.1 Å². The van der Waals surface area contributed by atoms with E-state index in [9.17, 15) is 9.59 Å². The van der Waals surface area contributed by atoms with Gasteiger partial charge in [-0.25, -0.2) is 0 Å². The second kappa shape index (κ2) is 9.67. The Morgan fingerprint density at radius 1 is 1.12 bits per heavy atom. The van der Waals surface area contributed by atoms with Crippen molar-refractivity contribution in [2.45, 2.75) is 46.1 Å². The van der Waals surface area contributed by atoms with Gasteiger partial charge in [-0.1, -0.05) is 32.4 Å². The van der Waals surface area contributed by atoms with Crippen LogP contribution in [-0.2, 0) is 17.8 Å². The number of unbranched alkanes of at least 4 members (excludes halogenated alkanes) is 1. The summed E-state index contributed by atoms with van der Waals surface area (Å²) >= 11 is 0. The summed E-state index contributed by atoms with van der Waals surface area (Å²) in [5.74, 6) is 0.0356. The number of carbonyl (C=O) groups excluding carboxylic acids is 1. The predicted molar refractivity (Wildman–Crippen MR) is 100 cm³/mol. The van der Waals surface area contributed by atoms with E-state index in [-0.39, 0.29) is 23.8 Å². The van der Waals surface area contributed by atoms with Gasteiger partial charge in [-0.3, -0.25) is 9.59 Å². The van der Waals surface area contributed by atoms with Crippen molar-refractivity contribution in [3.05, 3.63) is 58.5 Å². The van der Waals surface area contributed by atoms with Crippen LogP contribution in [-0.4, -0.2) is 17.1 Å². The van der Waals surface area contributed by atoms with Gasteiger partial charge in [-0.2, -0.15) is 0 Å². The van der Waals surface area contributed by atoms with Crippen molar-refractivity contribution in [1.82, 2.24) is 4.57 Å². The van der Waals surface area contributed by atoms with E-state index in [4.69, 9.17) is 4.74 Å². The topological polar surface area (TPSA) is 60.3 Å². The summed E-state index contributed by atoms with van der Waals surface area (Å²) in [6.45, 7) is 4.58. The average molecular weight is 342 g/mol. The maximum absolute atomic E-state index is 12.3. The second-order valence-corrected chi connectivity index (χ2v) is 6.00. The fourth-order valence-electron chi connectivity index (χ4n) is 2.45. The number of pyridine rings is 1. The lowest BCUT2D eigenvalue weighted by Gasteiger charge is -2.10. The SMILES string of the molecule is CCCCc1ccc(NC(=O)Cn2cccc(OCCC)c2=O)cc1. The predicted octanol–water partition coefficient (Wildman–Crippen LogP) is 3.62. The van der Waals surface area contributed by atoms with Crippen LogP contribution in [0.2, 0.25) is 0 Å². The number of aryl methyl sites for hydroxylation is 1. The highest BCUT2D eigenvalue weighted by atomic mass is 16.5. The molecular weight excluding hydrogens is 316 g/mol. The van der Waals surface area contributed by atoms with Gasteiger partial charge in [-0.15, -0.1) is 0 Å². The molecule has 1 aromatic carbocycles. The first kappa shape index (κ1) is 18.8. The zero-order chi connectivity index (χ0) is 18.1. The minimum Gasteiger partial charge on any atom is -0.488 e. The second-order valence-electron chi connectivity index (χ2n) is 6.00. The number of benzene rings is 1. The van der Waals surface area contributed by atoms with E-state index in [1.807, 2.05) is 31.2 Å². The molecule has 0 bridgehead atoms. The standard InChI is InChI=1S/C20H26N2O3/c1-3-5-7-16-9-11-17(12-10-16)21-19(23)15-22-13-6-8-18(20(22)24)25-14-4-2/h6,8-13H,3-5,7,14-15H2,1-2H3,(H,21,23). The van der Waals surface area contributed by atoms with Gasteiger partial charge in [0.2, 0.25) is 5.91 Å². The Bertz CT molecular complexity index is 735. The van der Waals surface area contributed by atoms with Gasteiger partial charge in [0.05, 0.1) is 6.61 Å². The molecule has 0 spiro atoms. The molecule has 0 fully saturated rings. The van der Waals surface area contributed by atoms with Gasteiger partial charge in [0.1, 0.15) is 6.54 Å². The summed E-state index contributed by atoms with van der Waals surface area (Å²) < 4.78 is 6.76. The van der Waals surface area contributed by atoms with E-state index in [2.05, 4.69) is 12.2 Å². The normalized spacial score (nSPS) is 10.5. The molecule has 0 unspecified atom stereocenters. The smallest absolute Gasteiger partial charge is 0.293 e. The minimum absolute atomic E-state index is 0.0419. The van der Waals surface area contributed by atoms with Gasteiger partial charge < -0.3 is 14.6 Å². The van der Waals surface area contributed by atoms with Crippen LogP contribution < -0.4 is 15.6 Å². The van der Waals surface area contributed by atoms with E-state index in [1.54, 1.807) is 18.3 Å². The highest BCUT2D eigenvalue weighted by molar-refractivity contribution is 5.90. The summed E-state index contributed by atoms with van der Waals surface area (Å²) in [6.07, 6.45) is 5.78. The number of rotatable bonds is 9. The Morgan fingerprint density at radius 3 is 2.56 bits per heavy atom. The number of anilines is 1. The fourth-order valence-corrected chi connectivity index (χ4v) is 2.45. The van der Waals surface area contributed by atoms with E-state index < -0.39 is 0 Å². The third kappa shape index (κ3) is 5.78. The number of nitrogens with one attached hydrogen (secondary N) is 1. The van der Waals surface area contributed by atoms with Gasteiger partial charge in [-0.05, 0) is 49.1 Å². The molecule has 134 valence electrons. The van der Waals surface area contributed by atoms with Crippen LogP contribution in [0.5, 0.6) is 5.75 Å². The first-order valence-corrected chi connectivity index (χ1v) is 8.85. The van der Waals surface area contributed by atoms with Crippen molar-refractivity contribution in [3.63, 3.8) is 0 Å². The van der Waals surface area contributed by atoms with Crippen LogP contribution in [0.4, 0.5) is 5.69 Å². The number of ether oxygens (including phenoxy) is 1. The number of amides is 1. The zero-order valence-electron chi connectivity index (χ0n) is 15.0. The van der Waals surface area contributed by atoms with Crippen molar-refractivity contribution in [2.24, 2.45) is 0 Å². The van der Waals surface area contributed by atoms with E-state index in [0.717, 1.165) is 31.4 Å². The van der Waals surface area contributed by atoms with Crippen molar-refractivity contribution in [1.29, 1.82) is 0 Å². The van der Waals surface area contributed by atoms with Crippen molar-refractivity contribution in [3.8, 4) is 5.75 Å². The monoisotopic (exact) mass is 342 g/mol. The highest BCUT2D eigenvalue weighted by Gasteiger charge is 2.08. The molecule has 0 aliphatic rings. The Balaban J connectivity index is 1.97. The lowest BCUT2D eigenvalue weighted by atomic mass is 10.1. The lowest BCUT2D eigenvalue weighted by Crippen LogP contribution is -2.28. The third-order valence-electron chi connectivity index (χ3n) is 3.82. The molecule has 25 heavy (non-hydrogen) atoms. The largest absolute Gasteiger partial charge is 0.488 e. The van der Waals surface area contributed by atoms with Gasteiger partial charge in [0.15, 0.2) is 5.75 Å². The summed E-state index contributed by atoms with van der Waals surface area (Å²) in [6, 6.07) is 11.2. The van der Waals surface area contributed by atoms with Crippen LogP contribution in [0.3, 0.4) is 0 Å². The van der Waals surface area contributed by atoms with Gasteiger partial charge in [0.25, 0.3) is 5.56 Å². The molecule has 0 atom stereocenters. The Morgan fingerprint density at radius 2 is 1.88 bits per heavy atom. The molecule has 0 saturated heterocycles. The zero-order valence-corrected chi connectivity index (χ0v) is 15.0. The molecular formula is C20H26N2O3. The van der Waals surface area contributed by atoms with Crippen molar-refractivity contribution >= 4 is 11.6 Å². The number of hydrogen-bond acceptors (Lipinski definition) is 3. The Kier molecular flexibility index (Phi) is 7.26. The Labute approximate surface area is 148 Å². The lowest BCUT2D eigenvalue weighted by molar-refractivity contribution is -0.116. The third-order valence-corrected chi connectivity index (χ3v) is 3.82. The molecule has 2 aromatic rings. The number of carbonyl (C=O) groups is 1. The first-order valence-electron chi connectivity index (χ1n) is 8.85. The van der Waals surface area contributed by atoms with Crippen LogP contribution in [0, 0.1) is 0 Å². The molecule has 0 aliphatic carbocycles. The number of nitrogens with zero attached hydrogens (tertiary/aromatic N) is 1. The van der Waals surface area contributed by atoms with Crippen molar-refractivity contribution in [2.75, 3.05) is 11.9 Å². The average Bonchev–Trinajstić information content (AvgIpc) is 2.62. The summed E-state index contributed by atoms with van der Waals surface area (Å²) in [4.78, 5) is 24.5. The van der Waals surface area contributed by atoms with Gasteiger partial charge >= 0.3 is 0 Å². The molecule has 1 N–H and O–H groups in total. The molecule has 2 rings (SSSR count). The van der Waals surface area contributed by atoms with Gasteiger partial charge in [0, 0.05) is 11.9 Å². The van der Waals surface area contributed by atoms with Crippen LogP contribution >= 0.6 is 0 Å². The molecule has 0 radical (unpaired) electrons. The molecule has 0 aliphatic heterocycles. The highest BCUT2D eigenvalue weighted by Crippen LogP contribution is 2.12.